The Labute approximate surface area is 95.9 Å². The highest BCUT2D eigenvalue weighted by atomic mass is 16.5. The Morgan fingerprint density at radius 2 is 2.50 bits per heavy atom. The molecule has 2 N–H and O–H groups in total. The van der Waals surface area contributed by atoms with Crippen LogP contribution in [0.15, 0.2) is 0 Å². The van der Waals surface area contributed by atoms with Crippen molar-refractivity contribution in [1.82, 2.24) is 4.90 Å². The second-order valence-corrected chi connectivity index (χ2v) is 4.82. The topological polar surface area (TPSA) is 64.8 Å². The van der Waals surface area contributed by atoms with Gasteiger partial charge in [0.1, 0.15) is 5.54 Å². The molecule has 0 bridgehead atoms. The first-order valence-corrected chi connectivity index (χ1v) is 5.80. The molecule has 0 saturated carbocycles. The number of hydrogen-bond acceptors (Lipinski definition) is 4. The van der Waals surface area contributed by atoms with Crippen LogP contribution in [0, 0.1) is 5.92 Å². The number of ether oxygens (including phenoxy) is 2. The number of methoxy groups -OCH3 is 1. The van der Waals surface area contributed by atoms with Gasteiger partial charge >= 0.3 is 0 Å². The second kappa shape index (κ2) is 4.69. The summed E-state index contributed by atoms with van der Waals surface area (Å²) in [4.78, 5) is 14.1. The van der Waals surface area contributed by atoms with Gasteiger partial charge in [0, 0.05) is 32.7 Å². The average molecular weight is 228 g/mol. The van der Waals surface area contributed by atoms with Crippen molar-refractivity contribution in [2.24, 2.45) is 11.7 Å². The number of nitrogens with two attached hydrogens (primary N) is 1. The molecule has 2 rings (SSSR count). The monoisotopic (exact) mass is 228 g/mol. The van der Waals surface area contributed by atoms with Gasteiger partial charge < -0.3 is 20.1 Å². The van der Waals surface area contributed by atoms with E-state index in [-0.39, 0.29) is 5.91 Å². The molecule has 5 nitrogen and oxygen atoms in total. The minimum absolute atomic E-state index is 0.0450. The van der Waals surface area contributed by atoms with E-state index in [4.69, 9.17) is 15.2 Å². The minimum Gasteiger partial charge on any atom is -0.384 e. The third-order valence-electron chi connectivity index (χ3n) is 3.45. The van der Waals surface area contributed by atoms with E-state index in [0.29, 0.717) is 25.6 Å². The summed E-state index contributed by atoms with van der Waals surface area (Å²) in [6.45, 7) is 3.24. The lowest BCUT2D eigenvalue weighted by molar-refractivity contribution is -0.136. The number of nitrogens with zero attached hydrogens (tertiary/aromatic N) is 1. The molecule has 0 spiro atoms. The molecule has 2 saturated heterocycles. The van der Waals surface area contributed by atoms with Crippen molar-refractivity contribution in [3.05, 3.63) is 0 Å². The van der Waals surface area contributed by atoms with Crippen LogP contribution in [0.3, 0.4) is 0 Å². The maximum Gasteiger partial charge on any atom is 0.245 e. The highest BCUT2D eigenvalue weighted by Crippen LogP contribution is 2.23. The van der Waals surface area contributed by atoms with Crippen LogP contribution in [0.25, 0.3) is 0 Å². The molecule has 0 radical (unpaired) electrons. The van der Waals surface area contributed by atoms with Crippen molar-refractivity contribution in [2.45, 2.75) is 18.4 Å². The van der Waals surface area contributed by atoms with Gasteiger partial charge in [-0.1, -0.05) is 0 Å². The van der Waals surface area contributed by atoms with Crippen molar-refractivity contribution in [2.75, 3.05) is 40.0 Å². The number of amides is 1. The summed E-state index contributed by atoms with van der Waals surface area (Å²) in [5.41, 5.74) is 5.28. The first kappa shape index (κ1) is 11.8. The third-order valence-corrected chi connectivity index (χ3v) is 3.45. The van der Waals surface area contributed by atoms with E-state index >= 15 is 0 Å². The Balaban J connectivity index is 1.91. The van der Waals surface area contributed by atoms with Crippen molar-refractivity contribution < 1.29 is 14.3 Å². The highest BCUT2D eigenvalue weighted by Gasteiger charge is 2.42. The summed E-state index contributed by atoms with van der Waals surface area (Å²) in [5.74, 6) is 0.503. The zero-order chi connectivity index (χ0) is 11.6. The third kappa shape index (κ3) is 2.21. The van der Waals surface area contributed by atoms with Crippen LogP contribution in [0.1, 0.15) is 12.8 Å². The normalized spacial score (nSPS) is 34.6. The van der Waals surface area contributed by atoms with Crippen LogP contribution in [-0.4, -0.2) is 56.4 Å². The van der Waals surface area contributed by atoms with E-state index in [1.54, 1.807) is 7.11 Å². The molecule has 0 aliphatic carbocycles. The van der Waals surface area contributed by atoms with E-state index in [1.165, 1.54) is 0 Å². The molecule has 16 heavy (non-hydrogen) atoms. The molecule has 0 aromatic heterocycles. The minimum atomic E-state index is -0.776. The average Bonchev–Trinajstić information content (AvgIpc) is 2.88. The fourth-order valence-electron chi connectivity index (χ4n) is 2.45. The lowest BCUT2D eigenvalue weighted by Gasteiger charge is -2.27. The molecule has 5 heteroatoms. The van der Waals surface area contributed by atoms with E-state index in [0.717, 1.165) is 26.1 Å². The summed E-state index contributed by atoms with van der Waals surface area (Å²) < 4.78 is 10.3. The van der Waals surface area contributed by atoms with E-state index in [2.05, 4.69) is 0 Å². The zero-order valence-electron chi connectivity index (χ0n) is 9.78. The smallest absolute Gasteiger partial charge is 0.245 e. The maximum atomic E-state index is 12.2. The fraction of sp³-hybridized carbons (Fsp3) is 0.909. The summed E-state index contributed by atoms with van der Waals surface area (Å²) in [6, 6.07) is 0. The quantitative estimate of drug-likeness (QED) is 0.714. The standard InChI is InChI=1S/C11H20N2O3/c1-15-7-9-2-4-13(6-9)10(14)11(12)3-5-16-8-11/h9H,2-8,12H2,1H3. The Morgan fingerprint density at radius 3 is 3.12 bits per heavy atom. The summed E-state index contributed by atoms with van der Waals surface area (Å²) >= 11 is 0. The van der Waals surface area contributed by atoms with Crippen molar-refractivity contribution in [3.8, 4) is 0 Å². The molecule has 2 unspecified atom stereocenters. The van der Waals surface area contributed by atoms with Crippen LogP contribution >= 0.6 is 0 Å². The van der Waals surface area contributed by atoms with Gasteiger partial charge in [0.05, 0.1) is 13.2 Å². The van der Waals surface area contributed by atoms with E-state index in [1.807, 2.05) is 4.90 Å². The molecular formula is C11H20N2O3. The molecule has 2 fully saturated rings. The Kier molecular flexibility index (Phi) is 3.47. The molecule has 92 valence electrons. The zero-order valence-corrected chi connectivity index (χ0v) is 9.78. The molecule has 2 aliphatic rings. The van der Waals surface area contributed by atoms with Gasteiger partial charge in [0.25, 0.3) is 0 Å². The molecule has 0 aromatic carbocycles. The van der Waals surface area contributed by atoms with E-state index < -0.39 is 5.54 Å². The Morgan fingerprint density at radius 1 is 1.69 bits per heavy atom. The largest absolute Gasteiger partial charge is 0.384 e. The van der Waals surface area contributed by atoms with Gasteiger partial charge in [-0.15, -0.1) is 0 Å². The molecule has 0 aromatic rings. The number of rotatable bonds is 3. The summed E-state index contributed by atoms with van der Waals surface area (Å²) in [6.07, 6.45) is 1.65. The first-order valence-electron chi connectivity index (χ1n) is 5.80. The van der Waals surface area contributed by atoms with Crippen molar-refractivity contribution >= 4 is 5.91 Å². The highest BCUT2D eigenvalue weighted by molar-refractivity contribution is 5.86. The van der Waals surface area contributed by atoms with Gasteiger partial charge in [-0.05, 0) is 12.8 Å². The second-order valence-electron chi connectivity index (χ2n) is 4.82. The number of likely N-dealkylation sites (tertiary alicyclic amines) is 1. The van der Waals surface area contributed by atoms with Crippen LogP contribution in [-0.2, 0) is 14.3 Å². The van der Waals surface area contributed by atoms with Crippen molar-refractivity contribution in [3.63, 3.8) is 0 Å². The molecule has 1 amide bonds. The predicted octanol–water partition coefficient (Wildman–Crippen LogP) is -0.401. The Hall–Kier alpha value is -0.650. The van der Waals surface area contributed by atoms with E-state index in [9.17, 15) is 4.79 Å². The summed E-state index contributed by atoms with van der Waals surface area (Å²) in [5, 5.41) is 0. The molecule has 2 aliphatic heterocycles. The number of carbonyl (C=O) groups is 1. The summed E-state index contributed by atoms with van der Waals surface area (Å²) in [7, 11) is 1.69. The van der Waals surface area contributed by atoms with Crippen molar-refractivity contribution in [1.29, 1.82) is 0 Å². The number of hydrogen-bond donors (Lipinski definition) is 1. The molecular weight excluding hydrogens is 208 g/mol. The van der Waals surface area contributed by atoms with Gasteiger partial charge in [0.15, 0.2) is 0 Å². The Bertz CT molecular complexity index is 264. The SMILES string of the molecule is COCC1CCN(C(=O)C2(N)CCOC2)C1. The fourth-order valence-corrected chi connectivity index (χ4v) is 2.45. The first-order chi connectivity index (χ1) is 7.65. The van der Waals surface area contributed by atoms with Gasteiger partial charge in [-0.25, -0.2) is 0 Å². The van der Waals surface area contributed by atoms with Crippen LogP contribution in [0.2, 0.25) is 0 Å². The molecule has 2 atom stereocenters. The maximum absolute atomic E-state index is 12.2. The van der Waals surface area contributed by atoms with Gasteiger partial charge in [0.2, 0.25) is 5.91 Å². The lowest BCUT2D eigenvalue weighted by atomic mass is 9.98. The van der Waals surface area contributed by atoms with Crippen LogP contribution in [0.4, 0.5) is 0 Å². The van der Waals surface area contributed by atoms with Crippen LogP contribution in [0.5, 0.6) is 0 Å². The number of carbonyl (C=O) groups excluding carboxylic acids is 1. The van der Waals surface area contributed by atoms with Gasteiger partial charge in [-0.2, -0.15) is 0 Å². The lowest BCUT2D eigenvalue weighted by Crippen LogP contribution is -2.55. The predicted molar refractivity (Wildman–Crippen MR) is 58.9 cm³/mol. The molecule has 2 heterocycles. The van der Waals surface area contributed by atoms with Crippen LogP contribution < -0.4 is 5.73 Å². The van der Waals surface area contributed by atoms with Gasteiger partial charge in [-0.3, -0.25) is 4.79 Å².